The van der Waals surface area contributed by atoms with Crippen molar-refractivity contribution >= 4 is 34.1 Å². The lowest BCUT2D eigenvalue weighted by molar-refractivity contribution is -0.125. The Hall–Kier alpha value is -2.48. The first-order valence-electron chi connectivity index (χ1n) is 7.69. The van der Waals surface area contributed by atoms with Gasteiger partial charge < -0.3 is 15.1 Å². The number of hydrogen-bond acceptors (Lipinski definition) is 6. The molecular formula is C16H17N3O4S. The van der Waals surface area contributed by atoms with E-state index in [4.69, 9.17) is 4.42 Å². The van der Waals surface area contributed by atoms with Gasteiger partial charge in [-0.05, 0) is 12.1 Å². The summed E-state index contributed by atoms with van der Waals surface area (Å²) in [6.07, 6.45) is 2.43. The number of thiazole rings is 1. The smallest absolute Gasteiger partial charge is 0.225 e. The monoisotopic (exact) mass is 347 g/mol. The van der Waals surface area contributed by atoms with Crippen LogP contribution in [0.25, 0.3) is 0 Å². The van der Waals surface area contributed by atoms with Crippen molar-refractivity contribution < 1.29 is 18.8 Å². The fourth-order valence-electron chi connectivity index (χ4n) is 2.51. The van der Waals surface area contributed by atoms with Crippen LogP contribution in [-0.4, -0.2) is 22.6 Å². The molecule has 2 amide bonds. The number of rotatable bonds is 5. The predicted octanol–water partition coefficient (Wildman–Crippen LogP) is 2.15. The van der Waals surface area contributed by atoms with E-state index in [1.165, 1.54) is 11.3 Å². The SMILES string of the molecule is CCC(=O)Nc1nc2c(s1)C(=O)CC(C(=O)NCc1ccco1)C2. The van der Waals surface area contributed by atoms with Crippen molar-refractivity contribution in [2.24, 2.45) is 5.92 Å². The third-order valence-electron chi connectivity index (χ3n) is 3.78. The van der Waals surface area contributed by atoms with Crippen molar-refractivity contribution in [1.82, 2.24) is 10.3 Å². The number of furan rings is 1. The average molecular weight is 347 g/mol. The van der Waals surface area contributed by atoms with Crippen LogP contribution in [0.2, 0.25) is 0 Å². The van der Waals surface area contributed by atoms with E-state index < -0.39 is 5.92 Å². The fraction of sp³-hybridized carbons (Fsp3) is 0.375. The molecule has 1 atom stereocenters. The summed E-state index contributed by atoms with van der Waals surface area (Å²) in [6.45, 7) is 2.03. The number of Topliss-reactive ketones (excluding diaryl/α,β-unsaturated/α-hetero) is 1. The summed E-state index contributed by atoms with van der Waals surface area (Å²) in [5.74, 6) is -0.246. The van der Waals surface area contributed by atoms with E-state index in [0.717, 1.165) is 0 Å². The molecule has 0 radical (unpaired) electrons. The first-order chi connectivity index (χ1) is 11.6. The van der Waals surface area contributed by atoms with Gasteiger partial charge in [0, 0.05) is 19.3 Å². The lowest BCUT2D eigenvalue weighted by Crippen LogP contribution is -2.35. The molecule has 1 unspecified atom stereocenters. The van der Waals surface area contributed by atoms with E-state index in [1.807, 2.05) is 0 Å². The summed E-state index contributed by atoms with van der Waals surface area (Å²) in [5, 5.41) is 5.85. The van der Waals surface area contributed by atoms with Crippen LogP contribution in [0.15, 0.2) is 22.8 Å². The molecule has 1 aliphatic carbocycles. The van der Waals surface area contributed by atoms with E-state index >= 15 is 0 Å². The molecule has 24 heavy (non-hydrogen) atoms. The summed E-state index contributed by atoms with van der Waals surface area (Å²) < 4.78 is 5.17. The van der Waals surface area contributed by atoms with Crippen LogP contribution in [-0.2, 0) is 22.6 Å². The Morgan fingerprint density at radius 1 is 1.42 bits per heavy atom. The number of carbonyl (C=O) groups is 3. The molecule has 0 saturated heterocycles. The highest BCUT2D eigenvalue weighted by atomic mass is 32.1. The van der Waals surface area contributed by atoms with E-state index in [1.54, 1.807) is 25.3 Å². The quantitative estimate of drug-likeness (QED) is 0.863. The van der Waals surface area contributed by atoms with E-state index in [0.29, 0.717) is 34.3 Å². The summed E-state index contributed by atoms with van der Waals surface area (Å²) in [7, 11) is 0. The molecule has 7 nitrogen and oxygen atoms in total. The Kier molecular flexibility index (Phi) is 4.75. The highest BCUT2D eigenvalue weighted by Crippen LogP contribution is 2.32. The van der Waals surface area contributed by atoms with Crippen LogP contribution < -0.4 is 10.6 Å². The van der Waals surface area contributed by atoms with Crippen LogP contribution in [0.1, 0.15) is 40.9 Å². The summed E-state index contributed by atoms with van der Waals surface area (Å²) >= 11 is 1.17. The van der Waals surface area contributed by atoms with E-state index in [2.05, 4.69) is 15.6 Å². The number of nitrogens with zero attached hydrogens (tertiary/aromatic N) is 1. The van der Waals surface area contributed by atoms with Crippen molar-refractivity contribution in [2.75, 3.05) is 5.32 Å². The van der Waals surface area contributed by atoms with Gasteiger partial charge in [0.25, 0.3) is 0 Å². The van der Waals surface area contributed by atoms with Crippen LogP contribution in [0.5, 0.6) is 0 Å². The van der Waals surface area contributed by atoms with Gasteiger partial charge in [-0.15, -0.1) is 0 Å². The van der Waals surface area contributed by atoms with Crippen molar-refractivity contribution in [3.63, 3.8) is 0 Å². The molecule has 0 spiro atoms. The van der Waals surface area contributed by atoms with Gasteiger partial charge in [-0.2, -0.15) is 0 Å². The van der Waals surface area contributed by atoms with Gasteiger partial charge in [0.15, 0.2) is 10.9 Å². The molecule has 1 aliphatic rings. The zero-order valence-electron chi connectivity index (χ0n) is 13.1. The predicted molar refractivity (Wildman–Crippen MR) is 87.7 cm³/mol. The van der Waals surface area contributed by atoms with Gasteiger partial charge >= 0.3 is 0 Å². The highest BCUT2D eigenvalue weighted by Gasteiger charge is 2.33. The highest BCUT2D eigenvalue weighted by molar-refractivity contribution is 7.17. The molecular weight excluding hydrogens is 330 g/mol. The summed E-state index contributed by atoms with van der Waals surface area (Å²) in [6, 6.07) is 3.52. The Balaban J connectivity index is 1.66. The lowest BCUT2D eigenvalue weighted by Gasteiger charge is -2.19. The van der Waals surface area contributed by atoms with Crippen LogP contribution in [0, 0.1) is 5.92 Å². The summed E-state index contributed by atoms with van der Waals surface area (Å²) in [4.78, 5) is 40.8. The molecule has 0 fully saturated rings. The molecule has 8 heteroatoms. The zero-order valence-corrected chi connectivity index (χ0v) is 13.9. The number of aromatic nitrogens is 1. The number of carbonyl (C=O) groups excluding carboxylic acids is 3. The van der Waals surface area contributed by atoms with Crippen LogP contribution in [0.4, 0.5) is 5.13 Å². The number of nitrogens with one attached hydrogen (secondary N) is 2. The van der Waals surface area contributed by atoms with Gasteiger partial charge in [0.05, 0.1) is 29.3 Å². The van der Waals surface area contributed by atoms with Gasteiger partial charge in [-0.25, -0.2) is 4.98 Å². The maximum absolute atomic E-state index is 12.3. The molecule has 0 bridgehead atoms. The molecule has 126 valence electrons. The van der Waals surface area contributed by atoms with E-state index in [9.17, 15) is 14.4 Å². The number of anilines is 1. The third-order valence-corrected chi connectivity index (χ3v) is 4.83. The lowest BCUT2D eigenvalue weighted by atomic mass is 9.89. The molecule has 3 rings (SSSR count). The van der Waals surface area contributed by atoms with Crippen LogP contribution >= 0.6 is 11.3 Å². The van der Waals surface area contributed by atoms with Crippen molar-refractivity contribution in [2.45, 2.75) is 32.7 Å². The molecule has 0 saturated carbocycles. The second kappa shape index (κ2) is 6.96. The minimum atomic E-state index is -0.447. The maximum atomic E-state index is 12.3. The van der Waals surface area contributed by atoms with Gasteiger partial charge in [0.2, 0.25) is 11.8 Å². The number of fused-ring (bicyclic) bond motifs is 1. The van der Waals surface area contributed by atoms with Gasteiger partial charge in [-0.3, -0.25) is 14.4 Å². The molecule has 0 aliphatic heterocycles. The first kappa shape index (κ1) is 16.4. The maximum Gasteiger partial charge on any atom is 0.225 e. The fourth-order valence-corrected chi connectivity index (χ4v) is 3.47. The van der Waals surface area contributed by atoms with Crippen molar-refractivity contribution in [3.05, 3.63) is 34.7 Å². The first-order valence-corrected chi connectivity index (χ1v) is 8.51. The summed E-state index contributed by atoms with van der Waals surface area (Å²) in [5.41, 5.74) is 0.584. The Morgan fingerprint density at radius 2 is 2.25 bits per heavy atom. The molecule has 2 heterocycles. The topological polar surface area (TPSA) is 101 Å². The zero-order chi connectivity index (χ0) is 17.1. The molecule has 2 aromatic heterocycles. The normalized spacial score (nSPS) is 16.5. The minimum absolute atomic E-state index is 0.108. The Bertz CT molecular complexity index is 766. The Labute approximate surface area is 142 Å². The van der Waals surface area contributed by atoms with Crippen molar-refractivity contribution in [1.29, 1.82) is 0 Å². The standard InChI is InChI=1S/C16H17N3O4S/c1-2-13(21)19-16-18-11-6-9(7-12(20)14(11)24-16)15(22)17-8-10-4-3-5-23-10/h3-5,9H,2,6-8H2,1H3,(H,17,22)(H,18,19,21). The minimum Gasteiger partial charge on any atom is -0.467 e. The largest absolute Gasteiger partial charge is 0.467 e. The van der Waals surface area contributed by atoms with Crippen molar-refractivity contribution in [3.8, 4) is 0 Å². The van der Waals surface area contributed by atoms with Gasteiger partial charge in [-0.1, -0.05) is 18.3 Å². The second-order valence-electron chi connectivity index (χ2n) is 5.52. The number of amides is 2. The van der Waals surface area contributed by atoms with E-state index in [-0.39, 0.29) is 30.6 Å². The number of hydrogen-bond donors (Lipinski definition) is 2. The number of ketones is 1. The average Bonchev–Trinajstić information content (AvgIpc) is 3.21. The molecule has 2 aromatic rings. The van der Waals surface area contributed by atoms with Crippen LogP contribution in [0.3, 0.4) is 0 Å². The Morgan fingerprint density at radius 3 is 2.96 bits per heavy atom. The molecule has 0 aromatic carbocycles. The third kappa shape index (κ3) is 3.53. The van der Waals surface area contributed by atoms with Gasteiger partial charge in [0.1, 0.15) is 5.76 Å². The second-order valence-corrected chi connectivity index (χ2v) is 6.52. The molecule has 2 N–H and O–H groups in total.